The van der Waals surface area contributed by atoms with Crippen LogP contribution in [0, 0.1) is 0 Å². The molecule has 0 bridgehead atoms. The number of carboxylic acid groups (broad SMARTS) is 1. The van der Waals surface area contributed by atoms with Gasteiger partial charge in [-0.1, -0.05) is 0 Å². The molecule has 1 unspecified atom stereocenters. The summed E-state index contributed by atoms with van der Waals surface area (Å²) >= 11 is 1.39. The van der Waals surface area contributed by atoms with Gasteiger partial charge in [-0.2, -0.15) is 24.9 Å². The van der Waals surface area contributed by atoms with E-state index in [1.807, 2.05) is 0 Å². The molecule has 1 amide bonds. The molecule has 1 rings (SSSR count). The Hall–Kier alpha value is -0.960. The molecule has 1 N–H and O–H groups in total. The number of thioether (sulfide) groups is 1. The minimum absolute atomic E-state index is 0.204. The van der Waals surface area contributed by atoms with Crippen molar-refractivity contribution in [2.45, 2.75) is 12.2 Å². The normalized spacial score (nSPS) is 20.8. The lowest BCUT2D eigenvalue weighted by Crippen LogP contribution is -2.51. The Morgan fingerprint density at radius 3 is 2.67 bits per heavy atom. The first-order valence-electron chi connectivity index (χ1n) is 5.06. The fourth-order valence-corrected chi connectivity index (χ4v) is 2.48. The average molecular weight is 287 g/mol. The molecule has 104 valence electrons. The number of alkyl halides is 3. The van der Waals surface area contributed by atoms with Gasteiger partial charge in [0.2, 0.25) is 5.91 Å². The highest BCUT2D eigenvalue weighted by Crippen LogP contribution is 2.18. The van der Waals surface area contributed by atoms with Crippen molar-refractivity contribution in [3.63, 3.8) is 0 Å². The summed E-state index contributed by atoms with van der Waals surface area (Å²) in [5, 5.41) is 8.88. The van der Waals surface area contributed by atoms with Gasteiger partial charge in [0.1, 0.15) is 19.3 Å². The number of nitrogens with zero attached hydrogens (tertiary/aromatic N) is 1. The predicted molar refractivity (Wildman–Crippen MR) is 57.3 cm³/mol. The topological polar surface area (TPSA) is 66.8 Å². The number of ether oxygens (including phenoxy) is 1. The molecule has 9 heteroatoms. The molecule has 1 aliphatic rings. The van der Waals surface area contributed by atoms with Crippen molar-refractivity contribution in [1.29, 1.82) is 0 Å². The Morgan fingerprint density at radius 2 is 2.11 bits per heavy atom. The number of amides is 1. The van der Waals surface area contributed by atoms with E-state index in [2.05, 4.69) is 4.74 Å². The lowest BCUT2D eigenvalue weighted by Gasteiger charge is -2.32. The minimum Gasteiger partial charge on any atom is -0.480 e. The van der Waals surface area contributed by atoms with E-state index in [-0.39, 0.29) is 12.3 Å². The lowest BCUT2D eigenvalue weighted by atomic mass is 10.2. The molecule has 0 radical (unpaired) electrons. The van der Waals surface area contributed by atoms with E-state index in [1.165, 1.54) is 11.8 Å². The van der Waals surface area contributed by atoms with E-state index in [0.29, 0.717) is 5.75 Å². The van der Waals surface area contributed by atoms with Gasteiger partial charge in [0, 0.05) is 18.1 Å². The molecule has 0 aromatic rings. The summed E-state index contributed by atoms with van der Waals surface area (Å²) < 4.78 is 39.6. The summed E-state index contributed by atoms with van der Waals surface area (Å²) in [6.45, 7) is -2.07. The van der Waals surface area contributed by atoms with Gasteiger partial charge in [0.15, 0.2) is 0 Å². The molecule has 1 fully saturated rings. The van der Waals surface area contributed by atoms with Crippen molar-refractivity contribution in [3.8, 4) is 0 Å². The highest BCUT2D eigenvalue weighted by atomic mass is 32.2. The fourth-order valence-electron chi connectivity index (χ4n) is 1.44. The van der Waals surface area contributed by atoms with Crippen molar-refractivity contribution in [2.75, 3.05) is 31.3 Å². The maximum atomic E-state index is 11.8. The van der Waals surface area contributed by atoms with Gasteiger partial charge in [-0.05, 0) is 0 Å². The van der Waals surface area contributed by atoms with E-state index in [0.717, 1.165) is 4.90 Å². The molecule has 0 aliphatic carbocycles. The number of carboxylic acids is 1. The molecule has 0 saturated carbocycles. The lowest BCUT2D eigenvalue weighted by molar-refractivity contribution is -0.179. The Morgan fingerprint density at radius 1 is 1.44 bits per heavy atom. The highest BCUT2D eigenvalue weighted by molar-refractivity contribution is 7.99. The van der Waals surface area contributed by atoms with Crippen molar-refractivity contribution >= 4 is 23.6 Å². The molecule has 0 aromatic heterocycles. The third kappa shape index (κ3) is 4.73. The summed E-state index contributed by atoms with van der Waals surface area (Å²) in [6.07, 6.45) is -4.50. The zero-order valence-electron chi connectivity index (χ0n) is 9.27. The highest BCUT2D eigenvalue weighted by Gasteiger charge is 2.33. The first kappa shape index (κ1) is 15.1. The predicted octanol–water partition coefficient (Wildman–Crippen LogP) is 0.594. The number of hydrogen-bond acceptors (Lipinski definition) is 4. The number of carbonyl (C=O) groups excluding carboxylic acids is 1. The molecule has 1 atom stereocenters. The molecule has 0 aromatic carbocycles. The number of carbonyl (C=O) groups is 2. The third-order valence-corrected chi connectivity index (χ3v) is 3.25. The van der Waals surface area contributed by atoms with Gasteiger partial charge in [0.25, 0.3) is 0 Å². The quantitative estimate of drug-likeness (QED) is 0.820. The van der Waals surface area contributed by atoms with Crippen LogP contribution in [0.1, 0.15) is 0 Å². The largest absolute Gasteiger partial charge is 0.480 e. The number of aliphatic carboxylic acids is 1. The van der Waals surface area contributed by atoms with Gasteiger partial charge in [0.05, 0.1) is 0 Å². The maximum absolute atomic E-state index is 11.8. The molecule has 1 saturated heterocycles. The van der Waals surface area contributed by atoms with E-state index in [1.54, 1.807) is 0 Å². The summed E-state index contributed by atoms with van der Waals surface area (Å²) in [5.74, 6) is -1.09. The van der Waals surface area contributed by atoms with Crippen LogP contribution in [0.5, 0.6) is 0 Å². The van der Waals surface area contributed by atoms with Crippen LogP contribution in [-0.4, -0.2) is 65.4 Å². The van der Waals surface area contributed by atoms with Crippen LogP contribution in [-0.2, 0) is 14.3 Å². The van der Waals surface area contributed by atoms with Crippen LogP contribution in [0.4, 0.5) is 13.2 Å². The zero-order valence-corrected chi connectivity index (χ0v) is 10.1. The van der Waals surface area contributed by atoms with Gasteiger partial charge >= 0.3 is 12.1 Å². The van der Waals surface area contributed by atoms with Crippen LogP contribution in [0.25, 0.3) is 0 Å². The van der Waals surface area contributed by atoms with Gasteiger partial charge < -0.3 is 14.7 Å². The second kappa shape index (κ2) is 6.28. The second-order valence-corrected chi connectivity index (χ2v) is 4.77. The number of hydrogen-bond donors (Lipinski definition) is 1. The van der Waals surface area contributed by atoms with Crippen molar-refractivity contribution < 1.29 is 32.6 Å². The van der Waals surface area contributed by atoms with E-state index >= 15 is 0 Å². The SMILES string of the molecule is O=C(O)C1CSCCN1C(=O)COCC(F)(F)F. The number of rotatable bonds is 4. The average Bonchev–Trinajstić information content (AvgIpc) is 2.27. The standard InChI is InChI=1S/C9H12F3NO4S/c10-9(11,12)5-17-3-7(14)13-1-2-18-4-6(13)8(15)16/h6H,1-5H2,(H,15,16). The summed E-state index contributed by atoms with van der Waals surface area (Å²) in [5.41, 5.74) is 0. The Bertz CT molecular complexity index is 323. The molecule has 0 spiro atoms. The van der Waals surface area contributed by atoms with Crippen molar-refractivity contribution in [2.24, 2.45) is 0 Å². The summed E-state index contributed by atoms with van der Waals surface area (Å²) in [7, 11) is 0. The van der Waals surface area contributed by atoms with Crippen LogP contribution < -0.4 is 0 Å². The van der Waals surface area contributed by atoms with Gasteiger partial charge in [-0.25, -0.2) is 4.79 Å². The van der Waals surface area contributed by atoms with E-state index in [9.17, 15) is 22.8 Å². The minimum atomic E-state index is -4.50. The number of halogens is 3. The Balaban J connectivity index is 2.46. The summed E-state index contributed by atoms with van der Waals surface area (Å²) in [4.78, 5) is 23.5. The monoisotopic (exact) mass is 287 g/mol. The van der Waals surface area contributed by atoms with Gasteiger partial charge in [-0.3, -0.25) is 4.79 Å². The van der Waals surface area contributed by atoms with Crippen molar-refractivity contribution in [1.82, 2.24) is 4.90 Å². The van der Waals surface area contributed by atoms with Crippen LogP contribution in [0.15, 0.2) is 0 Å². The molecular weight excluding hydrogens is 275 g/mol. The molecule has 18 heavy (non-hydrogen) atoms. The Labute approximate surface area is 105 Å². The molecular formula is C9H12F3NO4S. The maximum Gasteiger partial charge on any atom is 0.411 e. The molecule has 1 aliphatic heterocycles. The molecule has 5 nitrogen and oxygen atoms in total. The van der Waals surface area contributed by atoms with Crippen LogP contribution >= 0.6 is 11.8 Å². The van der Waals surface area contributed by atoms with Crippen molar-refractivity contribution in [3.05, 3.63) is 0 Å². The zero-order chi connectivity index (χ0) is 13.8. The Kier molecular flexibility index (Phi) is 5.27. The van der Waals surface area contributed by atoms with E-state index < -0.39 is 37.3 Å². The first-order chi connectivity index (χ1) is 8.31. The van der Waals surface area contributed by atoms with Crippen LogP contribution in [0.3, 0.4) is 0 Å². The molecule has 1 heterocycles. The fraction of sp³-hybridized carbons (Fsp3) is 0.778. The van der Waals surface area contributed by atoms with Gasteiger partial charge in [-0.15, -0.1) is 0 Å². The first-order valence-corrected chi connectivity index (χ1v) is 6.21. The summed E-state index contributed by atoms with van der Waals surface area (Å²) in [6, 6.07) is -0.995. The third-order valence-electron chi connectivity index (χ3n) is 2.23. The smallest absolute Gasteiger partial charge is 0.411 e. The van der Waals surface area contributed by atoms with Crippen LogP contribution in [0.2, 0.25) is 0 Å². The van der Waals surface area contributed by atoms with E-state index in [4.69, 9.17) is 5.11 Å². The second-order valence-electron chi connectivity index (χ2n) is 3.62.